The minimum absolute atomic E-state index is 0.0561. The van der Waals surface area contributed by atoms with Gasteiger partial charge in [-0.05, 0) is 54.5 Å². The van der Waals surface area contributed by atoms with Crippen LogP contribution in [-0.4, -0.2) is 35.9 Å². The largest absolute Gasteiger partial charge is 0.396 e. The number of halogens is 1. The van der Waals surface area contributed by atoms with Crippen LogP contribution in [0, 0.1) is 17.2 Å². The molecule has 2 aromatic rings. The Labute approximate surface area is 196 Å². The van der Waals surface area contributed by atoms with Crippen molar-refractivity contribution < 1.29 is 14.3 Å². The molecule has 2 atom stereocenters. The SMILES string of the molecule is CCCC[C@H]1[C@H](C(=O)NCCCC(C)(C)CO)C(c2ccc(F)cc2)=NN1c1ccccc1. The Morgan fingerprint density at radius 1 is 1.12 bits per heavy atom. The van der Waals surface area contributed by atoms with Crippen molar-refractivity contribution in [2.75, 3.05) is 18.2 Å². The molecule has 0 aromatic heterocycles. The van der Waals surface area contributed by atoms with Gasteiger partial charge in [0, 0.05) is 13.2 Å². The van der Waals surface area contributed by atoms with Gasteiger partial charge in [-0.1, -0.05) is 63.9 Å². The van der Waals surface area contributed by atoms with Crippen molar-refractivity contribution in [2.45, 2.75) is 58.9 Å². The maximum Gasteiger partial charge on any atom is 0.231 e. The third kappa shape index (κ3) is 6.41. The lowest BCUT2D eigenvalue weighted by atomic mass is 9.87. The lowest BCUT2D eigenvalue weighted by Crippen LogP contribution is -2.44. The molecule has 0 saturated heterocycles. The highest BCUT2D eigenvalue weighted by Gasteiger charge is 2.42. The Kier molecular flexibility index (Phi) is 8.61. The van der Waals surface area contributed by atoms with Gasteiger partial charge in [-0.25, -0.2) is 4.39 Å². The predicted molar refractivity (Wildman–Crippen MR) is 132 cm³/mol. The second kappa shape index (κ2) is 11.4. The smallest absolute Gasteiger partial charge is 0.231 e. The van der Waals surface area contributed by atoms with Crippen molar-refractivity contribution in [3.05, 3.63) is 66.0 Å². The first-order valence-electron chi connectivity index (χ1n) is 11.9. The molecule has 0 bridgehead atoms. The van der Waals surface area contributed by atoms with E-state index in [0.29, 0.717) is 12.3 Å². The average molecular weight is 454 g/mol. The Hall–Kier alpha value is -2.73. The summed E-state index contributed by atoms with van der Waals surface area (Å²) in [5, 5.41) is 19.5. The van der Waals surface area contributed by atoms with E-state index in [9.17, 15) is 14.3 Å². The van der Waals surface area contributed by atoms with Gasteiger partial charge in [0.2, 0.25) is 5.91 Å². The van der Waals surface area contributed by atoms with Crippen molar-refractivity contribution in [1.82, 2.24) is 5.32 Å². The van der Waals surface area contributed by atoms with Crippen LogP contribution in [0.15, 0.2) is 59.7 Å². The fourth-order valence-corrected chi connectivity index (χ4v) is 4.23. The first-order chi connectivity index (χ1) is 15.9. The Bertz CT molecular complexity index is 928. The van der Waals surface area contributed by atoms with Crippen molar-refractivity contribution >= 4 is 17.3 Å². The van der Waals surface area contributed by atoms with Crippen molar-refractivity contribution in [3.63, 3.8) is 0 Å². The van der Waals surface area contributed by atoms with Gasteiger partial charge in [0.15, 0.2) is 0 Å². The van der Waals surface area contributed by atoms with E-state index in [1.807, 2.05) is 49.2 Å². The molecule has 0 aliphatic carbocycles. The number of rotatable bonds is 11. The van der Waals surface area contributed by atoms with E-state index < -0.39 is 5.92 Å². The molecular weight excluding hydrogens is 417 g/mol. The van der Waals surface area contributed by atoms with Gasteiger partial charge >= 0.3 is 0 Å². The van der Waals surface area contributed by atoms with Crippen LogP contribution in [0.25, 0.3) is 0 Å². The molecule has 3 rings (SSSR count). The molecule has 2 aromatic carbocycles. The van der Waals surface area contributed by atoms with Gasteiger partial charge < -0.3 is 10.4 Å². The van der Waals surface area contributed by atoms with E-state index in [4.69, 9.17) is 5.10 Å². The molecule has 1 heterocycles. The topological polar surface area (TPSA) is 64.9 Å². The minimum Gasteiger partial charge on any atom is -0.396 e. The van der Waals surface area contributed by atoms with E-state index in [2.05, 4.69) is 12.2 Å². The van der Waals surface area contributed by atoms with Crippen molar-refractivity contribution in [1.29, 1.82) is 0 Å². The molecule has 33 heavy (non-hydrogen) atoms. The second-order valence-electron chi connectivity index (χ2n) is 9.58. The van der Waals surface area contributed by atoms with Gasteiger partial charge in [0.05, 0.1) is 17.4 Å². The fraction of sp³-hybridized carbons (Fsp3) is 0.481. The molecule has 0 spiro atoms. The molecule has 0 saturated carbocycles. The summed E-state index contributed by atoms with van der Waals surface area (Å²) in [6.07, 6.45) is 4.44. The number of hydrazone groups is 1. The molecule has 2 N–H and O–H groups in total. The highest BCUT2D eigenvalue weighted by Crippen LogP contribution is 2.34. The molecule has 5 nitrogen and oxygen atoms in total. The summed E-state index contributed by atoms with van der Waals surface area (Å²) in [6, 6.07) is 16.0. The highest BCUT2D eigenvalue weighted by atomic mass is 19.1. The van der Waals surface area contributed by atoms with Gasteiger partial charge in [-0.15, -0.1) is 0 Å². The van der Waals surface area contributed by atoms with Crippen LogP contribution < -0.4 is 10.3 Å². The van der Waals surface area contributed by atoms with Crippen LogP contribution >= 0.6 is 0 Å². The first-order valence-corrected chi connectivity index (χ1v) is 11.9. The van der Waals surface area contributed by atoms with E-state index in [0.717, 1.165) is 43.4 Å². The van der Waals surface area contributed by atoms with E-state index in [-0.39, 0.29) is 29.8 Å². The molecule has 0 radical (unpaired) electrons. The minimum atomic E-state index is -0.451. The van der Waals surface area contributed by atoms with Crippen LogP contribution in [0.4, 0.5) is 10.1 Å². The maximum absolute atomic E-state index is 13.6. The van der Waals surface area contributed by atoms with Gasteiger partial charge in [-0.2, -0.15) is 5.10 Å². The zero-order valence-electron chi connectivity index (χ0n) is 19.9. The molecule has 1 aliphatic heterocycles. The summed E-state index contributed by atoms with van der Waals surface area (Å²) in [5.41, 5.74) is 2.22. The maximum atomic E-state index is 13.6. The van der Waals surface area contributed by atoms with E-state index in [1.165, 1.54) is 12.1 Å². The Morgan fingerprint density at radius 2 is 1.82 bits per heavy atom. The summed E-state index contributed by atoms with van der Waals surface area (Å²) in [6.45, 7) is 6.84. The number of carbonyl (C=O) groups excluding carboxylic acids is 1. The number of nitrogens with one attached hydrogen (secondary N) is 1. The second-order valence-corrected chi connectivity index (χ2v) is 9.58. The summed E-state index contributed by atoms with van der Waals surface area (Å²) >= 11 is 0. The van der Waals surface area contributed by atoms with Crippen molar-refractivity contribution in [3.8, 4) is 0 Å². The molecule has 1 amide bonds. The summed E-state index contributed by atoms with van der Waals surface area (Å²) < 4.78 is 13.6. The lowest BCUT2D eigenvalue weighted by Gasteiger charge is -2.28. The molecule has 178 valence electrons. The summed E-state index contributed by atoms with van der Waals surface area (Å²) in [7, 11) is 0. The number of aliphatic hydroxyl groups excluding tert-OH is 1. The van der Waals surface area contributed by atoms with Gasteiger partial charge in [0.1, 0.15) is 11.7 Å². The zero-order chi connectivity index (χ0) is 23.8. The van der Waals surface area contributed by atoms with Crippen molar-refractivity contribution in [2.24, 2.45) is 16.4 Å². The van der Waals surface area contributed by atoms with Crippen LogP contribution in [0.2, 0.25) is 0 Å². The molecule has 1 aliphatic rings. The molecular formula is C27H36FN3O2. The highest BCUT2D eigenvalue weighted by molar-refractivity contribution is 6.15. The predicted octanol–water partition coefficient (Wildman–Crippen LogP) is 5.14. The lowest BCUT2D eigenvalue weighted by molar-refractivity contribution is -0.123. The monoisotopic (exact) mass is 453 g/mol. The van der Waals surface area contributed by atoms with Crippen LogP contribution in [0.5, 0.6) is 0 Å². The van der Waals surface area contributed by atoms with Gasteiger partial charge in [0.25, 0.3) is 0 Å². The Morgan fingerprint density at radius 3 is 2.45 bits per heavy atom. The number of amides is 1. The van der Waals surface area contributed by atoms with Crippen LogP contribution in [0.3, 0.4) is 0 Å². The van der Waals surface area contributed by atoms with E-state index in [1.54, 1.807) is 12.1 Å². The molecule has 0 unspecified atom stereocenters. The third-order valence-electron chi connectivity index (χ3n) is 6.26. The summed E-state index contributed by atoms with van der Waals surface area (Å²) in [4.78, 5) is 13.5. The van der Waals surface area contributed by atoms with Crippen LogP contribution in [0.1, 0.15) is 58.4 Å². The number of aliphatic hydroxyl groups is 1. The number of benzene rings is 2. The summed E-state index contributed by atoms with van der Waals surface area (Å²) in [5.74, 6) is -0.820. The Balaban J connectivity index is 1.87. The van der Waals surface area contributed by atoms with Crippen LogP contribution in [-0.2, 0) is 4.79 Å². The number of nitrogens with zero attached hydrogens (tertiary/aromatic N) is 2. The molecule has 6 heteroatoms. The third-order valence-corrected chi connectivity index (χ3v) is 6.26. The average Bonchev–Trinajstić information content (AvgIpc) is 3.21. The number of unbranched alkanes of at least 4 members (excludes halogenated alkanes) is 1. The first kappa shape index (κ1) is 24.9. The number of hydrogen-bond acceptors (Lipinski definition) is 4. The fourth-order valence-electron chi connectivity index (χ4n) is 4.23. The number of carbonyl (C=O) groups is 1. The standard InChI is InChI=1S/C27H36FN3O2/c1-4-5-12-23-24(26(33)29-18-9-17-27(2,3)19-32)25(20-13-15-21(28)16-14-20)30-31(23)22-10-7-6-8-11-22/h6-8,10-11,13-16,23-24,32H,4-5,9,12,17-19H2,1-3H3,(H,29,33)/t23-,24-/m0/s1. The number of hydrogen-bond donors (Lipinski definition) is 2. The zero-order valence-corrected chi connectivity index (χ0v) is 19.9. The van der Waals surface area contributed by atoms with E-state index >= 15 is 0 Å². The normalized spacial score (nSPS) is 18.3. The van der Waals surface area contributed by atoms with Gasteiger partial charge in [-0.3, -0.25) is 9.80 Å². The quantitative estimate of drug-likeness (QED) is 0.463. The number of anilines is 1. The number of para-hydroxylation sites is 1. The molecule has 0 fully saturated rings.